The van der Waals surface area contributed by atoms with Gasteiger partial charge in [-0.2, -0.15) is 9.78 Å². The van der Waals surface area contributed by atoms with Crippen LogP contribution in [-0.4, -0.2) is 37.8 Å². The van der Waals surface area contributed by atoms with E-state index in [1.807, 2.05) is 61.5 Å². The zero-order valence-corrected chi connectivity index (χ0v) is 19.3. The van der Waals surface area contributed by atoms with Gasteiger partial charge >= 0.3 is 0 Å². The molecule has 0 saturated heterocycles. The number of hydrogen-bond acceptors (Lipinski definition) is 6. The van der Waals surface area contributed by atoms with Crippen LogP contribution in [0.3, 0.4) is 0 Å². The molecule has 35 heavy (non-hydrogen) atoms. The first-order chi connectivity index (χ1) is 17.1. The molecular weight excluding hydrogens is 438 g/mol. The maximum absolute atomic E-state index is 13.4. The van der Waals surface area contributed by atoms with Gasteiger partial charge in [-0.05, 0) is 55.2 Å². The molecule has 0 bridgehead atoms. The summed E-state index contributed by atoms with van der Waals surface area (Å²) in [6, 6.07) is 21.3. The van der Waals surface area contributed by atoms with Gasteiger partial charge in [-0.3, -0.25) is 9.78 Å². The molecule has 8 nitrogen and oxygen atoms in total. The summed E-state index contributed by atoms with van der Waals surface area (Å²) in [6.45, 7) is 1.99. The van der Waals surface area contributed by atoms with Crippen LogP contribution in [0.15, 0.2) is 84.2 Å². The second-order valence-electron chi connectivity index (χ2n) is 8.38. The van der Waals surface area contributed by atoms with Crippen LogP contribution in [0.2, 0.25) is 0 Å². The van der Waals surface area contributed by atoms with E-state index in [9.17, 15) is 4.79 Å². The molecule has 0 aliphatic carbocycles. The molecule has 3 heterocycles. The number of hydrogen-bond donors (Lipinski definition) is 2. The maximum Gasteiger partial charge on any atom is 0.257 e. The number of nitrogens with zero attached hydrogens (tertiary/aromatic N) is 5. The normalized spacial score (nSPS) is 12.4. The van der Waals surface area contributed by atoms with Crippen LogP contribution in [0.25, 0.3) is 22.2 Å². The molecule has 8 heteroatoms. The molecule has 2 aromatic carbocycles. The number of aromatic nitrogens is 4. The molecule has 1 atom stereocenters. The molecule has 0 saturated carbocycles. The van der Waals surface area contributed by atoms with Crippen LogP contribution in [0, 0.1) is 0 Å². The fourth-order valence-electron chi connectivity index (χ4n) is 3.96. The number of aryl methyl sites for hydroxylation is 1. The van der Waals surface area contributed by atoms with Crippen molar-refractivity contribution in [2.45, 2.75) is 25.8 Å². The Balaban J connectivity index is 1.50. The summed E-state index contributed by atoms with van der Waals surface area (Å²) >= 11 is 0. The predicted molar refractivity (Wildman–Crippen MR) is 138 cm³/mol. The van der Waals surface area contributed by atoms with Gasteiger partial charge in [0.1, 0.15) is 16.9 Å². The maximum atomic E-state index is 13.4. The van der Waals surface area contributed by atoms with Crippen LogP contribution in [-0.2, 0) is 6.42 Å². The van der Waals surface area contributed by atoms with Gasteiger partial charge in [0, 0.05) is 18.4 Å². The standard InChI is InChI=1S/C27H25N7O/c1-18(11-12-19-7-3-2-4-8-19)31-27(35)23-24-26(33-22-10-6-5-9-21(22)32-24)34(25(23)28)30-17-20-13-15-29-16-14-20/h2-10,13-18H,11-12,28H2,1H3,(H,31,35)/b30-17+. The number of nitrogens with one attached hydrogen (secondary N) is 1. The third kappa shape index (κ3) is 4.72. The molecule has 3 N–H and O–H groups in total. The second-order valence-corrected chi connectivity index (χ2v) is 8.38. The van der Waals surface area contributed by atoms with Crippen molar-refractivity contribution in [2.75, 3.05) is 5.73 Å². The molecule has 0 aliphatic rings. The highest BCUT2D eigenvalue weighted by molar-refractivity contribution is 6.10. The Bertz CT molecular complexity index is 1510. The van der Waals surface area contributed by atoms with Gasteiger partial charge < -0.3 is 11.1 Å². The van der Waals surface area contributed by atoms with E-state index in [1.54, 1.807) is 18.6 Å². The lowest BCUT2D eigenvalue weighted by molar-refractivity contribution is 0.0940. The minimum atomic E-state index is -0.296. The monoisotopic (exact) mass is 463 g/mol. The fraction of sp³-hybridized carbons (Fsp3) is 0.148. The molecule has 0 spiro atoms. The van der Waals surface area contributed by atoms with Crippen LogP contribution in [0.1, 0.15) is 34.8 Å². The molecule has 1 amide bonds. The summed E-state index contributed by atoms with van der Waals surface area (Å²) in [6.07, 6.45) is 6.67. The van der Waals surface area contributed by atoms with Crippen molar-refractivity contribution in [3.8, 4) is 0 Å². The third-order valence-electron chi connectivity index (χ3n) is 5.82. The number of nitrogens with two attached hydrogens (primary N) is 1. The van der Waals surface area contributed by atoms with E-state index in [0.29, 0.717) is 22.2 Å². The first-order valence-electron chi connectivity index (χ1n) is 11.5. The van der Waals surface area contributed by atoms with E-state index in [1.165, 1.54) is 10.2 Å². The van der Waals surface area contributed by atoms with Crippen molar-refractivity contribution in [3.63, 3.8) is 0 Å². The van der Waals surface area contributed by atoms with Crippen molar-refractivity contribution in [2.24, 2.45) is 5.10 Å². The van der Waals surface area contributed by atoms with Crippen molar-refractivity contribution in [1.29, 1.82) is 0 Å². The Kier molecular flexibility index (Phi) is 6.17. The smallest absolute Gasteiger partial charge is 0.257 e. The molecular formula is C27H25N7O. The Morgan fingerprint density at radius 1 is 1.03 bits per heavy atom. The lowest BCUT2D eigenvalue weighted by Crippen LogP contribution is -2.33. The number of pyridine rings is 1. The summed E-state index contributed by atoms with van der Waals surface area (Å²) in [4.78, 5) is 26.9. The van der Waals surface area contributed by atoms with Crippen LogP contribution < -0.4 is 11.1 Å². The quantitative estimate of drug-likeness (QED) is 0.352. The largest absolute Gasteiger partial charge is 0.383 e. The van der Waals surface area contributed by atoms with E-state index in [2.05, 4.69) is 27.5 Å². The van der Waals surface area contributed by atoms with Gasteiger partial charge in [-0.1, -0.05) is 42.5 Å². The summed E-state index contributed by atoms with van der Waals surface area (Å²) in [7, 11) is 0. The lowest BCUT2D eigenvalue weighted by atomic mass is 10.1. The molecule has 3 aromatic heterocycles. The average Bonchev–Trinajstić information content (AvgIpc) is 3.16. The number of nitrogen functional groups attached to an aromatic ring is 1. The van der Waals surface area contributed by atoms with Crippen molar-refractivity contribution < 1.29 is 4.79 Å². The number of carbonyl (C=O) groups excluding carboxylic acids is 1. The molecule has 0 fully saturated rings. The van der Waals surface area contributed by atoms with E-state index >= 15 is 0 Å². The Morgan fingerprint density at radius 3 is 2.46 bits per heavy atom. The van der Waals surface area contributed by atoms with Crippen LogP contribution >= 0.6 is 0 Å². The SMILES string of the molecule is CC(CCc1ccccc1)NC(=O)c1c(N)n(/N=C/c2ccncc2)c2nc3ccccc3nc12. The van der Waals surface area contributed by atoms with Gasteiger partial charge in [0.15, 0.2) is 5.65 Å². The van der Waals surface area contributed by atoms with E-state index in [0.717, 1.165) is 18.4 Å². The Hall–Kier alpha value is -4.59. The zero-order valence-electron chi connectivity index (χ0n) is 19.3. The van der Waals surface area contributed by atoms with Crippen LogP contribution in [0.4, 0.5) is 5.82 Å². The topological polar surface area (TPSA) is 111 Å². The molecule has 174 valence electrons. The lowest BCUT2D eigenvalue weighted by Gasteiger charge is -2.14. The number of para-hydroxylation sites is 2. The minimum absolute atomic E-state index is 0.0609. The average molecular weight is 464 g/mol. The number of amides is 1. The summed E-state index contributed by atoms with van der Waals surface area (Å²) in [5.41, 5.74) is 11.0. The molecule has 5 aromatic rings. The number of carbonyl (C=O) groups is 1. The van der Waals surface area contributed by atoms with Crippen LogP contribution in [0.5, 0.6) is 0 Å². The predicted octanol–water partition coefficient (Wildman–Crippen LogP) is 4.20. The summed E-state index contributed by atoms with van der Waals surface area (Å²) < 4.78 is 1.47. The molecule has 5 rings (SSSR count). The first-order valence-corrected chi connectivity index (χ1v) is 11.5. The molecule has 0 aliphatic heterocycles. The second kappa shape index (κ2) is 9.72. The Labute approximate surface area is 202 Å². The van der Waals surface area contributed by atoms with Gasteiger partial charge in [-0.15, -0.1) is 0 Å². The van der Waals surface area contributed by atoms with E-state index in [-0.39, 0.29) is 23.3 Å². The summed E-state index contributed by atoms with van der Waals surface area (Å²) in [5, 5.41) is 7.60. The third-order valence-corrected chi connectivity index (χ3v) is 5.82. The van der Waals surface area contributed by atoms with E-state index in [4.69, 9.17) is 15.7 Å². The van der Waals surface area contributed by atoms with Crippen molar-refractivity contribution in [1.82, 2.24) is 24.9 Å². The van der Waals surface area contributed by atoms with E-state index < -0.39 is 0 Å². The molecule has 0 radical (unpaired) electrons. The zero-order chi connectivity index (χ0) is 24.2. The first kappa shape index (κ1) is 22.2. The number of anilines is 1. The van der Waals surface area contributed by atoms with Gasteiger partial charge in [0.2, 0.25) is 0 Å². The van der Waals surface area contributed by atoms with Crippen molar-refractivity contribution >= 4 is 40.1 Å². The minimum Gasteiger partial charge on any atom is -0.383 e. The van der Waals surface area contributed by atoms with Gasteiger partial charge in [0.25, 0.3) is 5.91 Å². The van der Waals surface area contributed by atoms with Gasteiger partial charge in [-0.25, -0.2) is 9.97 Å². The highest BCUT2D eigenvalue weighted by Crippen LogP contribution is 2.28. The fourth-order valence-corrected chi connectivity index (χ4v) is 3.96. The number of rotatable bonds is 7. The molecule has 1 unspecified atom stereocenters. The van der Waals surface area contributed by atoms with Crippen molar-refractivity contribution in [3.05, 3.63) is 95.8 Å². The highest BCUT2D eigenvalue weighted by Gasteiger charge is 2.25. The highest BCUT2D eigenvalue weighted by atomic mass is 16.1. The number of fused-ring (bicyclic) bond motifs is 2. The number of benzene rings is 2. The summed E-state index contributed by atoms with van der Waals surface area (Å²) in [5.74, 6) is -0.108. The Morgan fingerprint density at radius 2 is 1.71 bits per heavy atom. The van der Waals surface area contributed by atoms with Gasteiger partial charge in [0.05, 0.1) is 17.2 Å².